The second-order valence-electron chi connectivity index (χ2n) is 3.65. The summed E-state index contributed by atoms with van der Waals surface area (Å²) in [6, 6.07) is 0. The van der Waals surface area contributed by atoms with Gasteiger partial charge < -0.3 is 10.2 Å². The highest BCUT2D eigenvalue weighted by Gasteiger charge is 2.43. The molecule has 1 unspecified atom stereocenters. The lowest BCUT2D eigenvalue weighted by molar-refractivity contribution is -0.128. The number of rotatable bonds is 0. The van der Waals surface area contributed by atoms with Crippen molar-refractivity contribution in [2.45, 2.75) is 25.3 Å². The van der Waals surface area contributed by atoms with E-state index in [1.807, 2.05) is 4.90 Å². The van der Waals surface area contributed by atoms with Gasteiger partial charge in [0.1, 0.15) is 0 Å². The van der Waals surface area contributed by atoms with E-state index >= 15 is 0 Å². The molecular formula is C8H14N2O. The summed E-state index contributed by atoms with van der Waals surface area (Å²) in [5, 5.41) is 3.41. The van der Waals surface area contributed by atoms with Crippen molar-refractivity contribution in [1.29, 1.82) is 0 Å². The molecule has 11 heavy (non-hydrogen) atoms. The number of hydrogen-bond donors (Lipinski definition) is 1. The molecule has 1 amide bonds. The Morgan fingerprint density at radius 2 is 2.27 bits per heavy atom. The first-order valence-electron chi connectivity index (χ1n) is 4.22. The molecular weight excluding hydrogens is 140 g/mol. The molecule has 1 atom stereocenters. The molecule has 0 aromatic carbocycles. The van der Waals surface area contributed by atoms with E-state index in [0.717, 1.165) is 26.1 Å². The molecule has 2 aliphatic heterocycles. The summed E-state index contributed by atoms with van der Waals surface area (Å²) >= 11 is 0. The van der Waals surface area contributed by atoms with Gasteiger partial charge in [0.15, 0.2) is 0 Å². The fourth-order valence-corrected chi connectivity index (χ4v) is 1.97. The monoisotopic (exact) mass is 154 g/mol. The lowest BCUT2D eigenvalue weighted by Gasteiger charge is -2.39. The summed E-state index contributed by atoms with van der Waals surface area (Å²) < 4.78 is 0. The Hall–Kier alpha value is -0.570. The number of carbonyl (C=O) groups excluding carboxylic acids is 1. The third-order valence-electron chi connectivity index (χ3n) is 2.90. The van der Waals surface area contributed by atoms with E-state index in [2.05, 4.69) is 5.32 Å². The summed E-state index contributed by atoms with van der Waals surface area (Å²) in [5.74, 6) is 0.218. The lowest BCUT2D eigenvalue weighted by atomic mass is 9.87. The van der Waals surface area contributed by atoms with Crippen molar-refractivity contribution in [2.75, 3.05) is 19.6 Å². The highest BCUT2D eigenvalue weighted by atomic mass is 16.2. The summed E-state index contributed by atoms with van der Waals surface area (Å²) in [4.78, 5) is 12.9. The SMILES string of the molecule is CC(=O)N1CCC2(CCN2)C1. The van der Waals surface area contributed by atoms with E-state index < -0.39 is 0 Å². The molecule has 0 bridgehead atoms. The Balaban J connectivity index is 1.98. The number of amides is 1. The van der Waals surface area contributed by atoms with Gasteiger partial charge in [0.25, 0.3) is 0 Å². The van der Waals surface area contributed by atoms with Gasteiger partial charge in [-0.25, -0.2) is 0 Å². The number of likely N-dealkylation sites (tertiary alicyclic amines) is 1. The Bertz CT molecular complexity index is 187. The van der Waals surface area contributed by atoms with Crippen LogP contribution in [0.3, 0.4) is 0 Å². The predicted molar refractivity (Wildman–Crippen MR) is 42.2 cm³/mol. The van der Waals surface area contributed by atoms with Crippen molar-refractivity contribution < 1.29 is 4.79 Å². The highest BCUT2D eigenvalue weighted by molar-refractivity contribution is 5.73. The number of nitrogens with one attached hydrogen (secondary N) is 1. The third-order valence-corrected chi connectivity index (χ3v) is 2.90. The Labute approximate surface area is 66.8 Å². The third kappa shape index (κ3) is 1.03. The van der Waals surface area contributed by atoms with Crippen molar-refractivity contribution in [2.24, 2.45) is 0 Å². The van der Waals surface area contributed by atoms with Crippen LogP contribution in [0.2, 0.25) is 0 Å². The van der Waals surface area contributed by atoms with Crippen LogP contribution in [0.5, 0.6) is 0 Å². The molecule has 1 spiro atoms. The van der Waals surface area contributed by atoms with Crippen LogP contribution < -0.4 is 5.32 Å². The van der Waals surface area contributed by atoms with Gasteiger partial charge in [0.2, 0.25) is 5.91 Å². The van der Waals surface area contributed by atoms with Crippen LogP contribution in [0.15, 0.2) is 0 Å². The largest absolute Gasteiger partial charge is 0.341 e. The highest BCUT2D eigenvalue weighted by Crippen LogP contribution is 2.29. The molecule has 1 N–H and O–H groups in total. The Morgan fingerprint density at radius 1 is 1.55 bits per heavy atom. The minimum absolute atomic E-state index is 0.218. The molecule has 0 radical (unpaired) electrons. The van der Waals surface area contributed by atoms with Gasteiger partial charge in [-0.3, -0.25) is 4.79 Å². The standard InChI is InChI=1S/C8H14N2O/c1-7(11)10-5-3-8(6-10)2-4-9-8/h9H,2-6H2,1H3. The molecule has 2 heterocycles. The van der Waals surface area contributed by atoms with Crippen LogP contribution in [-0.4, -0.2) is 36.0 Å². The Kier molecular flexibility index (Phi) is 1.42. The summed E-state index contributed by atoms with van der Waals surface area (Å²) in [6.07, 6.45) is 2.39. The van der Waals surface area contributed by atoms with Gasteiger partial charge in [-0.05, 0) is 19.4 Å². The van der Waals surface area contributed by atoms with Crippen LogP contribution >= 0.6 is 0 Å². The zero-order valence-corrected chi connectivity index (χ0v) is 6.89. The quantitative estimate of drug-likeness (QED) is 0.531. The summed E-state index contributed by atoms with van der Waals surface area (Å²) in [7, 11) is 0. The van der Waals surface area contributed by atoms with E-state index in [0.29, 0.717) is 5.54 Å². The van der Waals surface area contributed by atoms with E-state index in [9.17, 15) is 4.79 Å². The normalized spacial score (nSPS) is 35.9. The Morgan fingerprint density at radius 3 is 2.55 bits per heavy atom. The van der Waals surface area contributed by atoms with Crippen molar-refractivity contribution in [3.8, 4) is 0 Å². The second kappa shape index (κ2) is 2.21. The van der Waals surface area contributed by atoms with Crippen molar-refractivity contribution in [1.82, 2.24) is 10.2 Å². The summed E-state index contributed by atoms with van der Waals surface area (Å²) in [6.45, 7) is 4.66. The van der Waals surface area contributed by atoms with Gasteiger partial charge in [-0.15, -0.1) is 0 Å². The topological polar surface area (TPSA) is 32.3 Å². The number of nitrogens with zero attached hydrogens (tertiary/aromatic N) is 1. The average Bonchev–Trinajstić information content (AvgIpc) is 2.28. The molecule has 0 aromatic rings. The molecule has 3 nitrogen and oxygen atoms in total. The molecule has 2 saturated heterocycles. The minimum Gasteiger partial charge on any atom is -0.341 e. The van der Waals surface area contributed by atoms with Gasteiger partial charge in [0, 0.05) is 25.6 Å². The molecule has 62 valence electrons. The van der Waals surface area contributed by atoms with Gasteiger partial charge in [-0.2, -0.15) is 0 Å². The van der Waals surface area contributed by atoms with Crippen LogP contribution in [-0.2, 0) is 4.79 Å². The first-order chi connectivity index (χ1) is 5.22. The van der Waals surface area contributed by atoms with Gasteiger partial charge in [0.05, 0.1) is 0 Å². The van der Waals surface area contributed by atoms with Crippen molar-refractivity contribution in [3.63, 3.8) is 0 Å². The average molecular weight is 154 g/mol. The second-order valence-corrected chi connectivity index (χ2v) is 3.65. The fraction of sp³-hybridized carbons (Fsp3) is 0.875. The van der Waals surface area contributed by atoms with Crippen molar-refractivity contribution >= 4 is 5.91 Å². The maximum Gasteiger partial charge on any atom is 0.219 e. The minimum atomic E-state index is 0.218. The van der Waals surface area contributed by atoms with Gasteiger partial charge >= 0.3 is 0 Å². The molecule has 2 rings (SSSR count). The molecule has 0 saturated carbocycles. The van der Waals surface area contributed by atoms with Crippen LogP contribution in [0.4, 0.5) is 0 Å². The van der Waals surface area contributed by atoms with Crippen LogP contribution in [0.1, 0.15) is 19.8 Å². The van der Waals surface area contributed by atoms with Crippen molar-refractivity contribution in [3.05, 3.63) is 0 Å². The van der Waals surface area contributed by atoms with E-state index in [1.54, 1.807) is 6.92 Å². The van der Waals surface area contributed by atoms with E-state index in [1.165, 1.54) is 6.42 Å². The maximum atomic E-state index is 11.0. The predicted octanol–water partition coefficient (Wildman–Crippen LogP) is -0.0293. The zero-order valence-electron chi connectivity index (χ0n) is 6.89. The van der Waals surface area contributed by atoms with E-state index in [4.69, 9.17) is 0 Å². The molecule has 3 heteroatoms. The molecule has 2 fully saturated rings. The van der Waals surface area contributed by atoms with Crippen LogP contribution in [0.25, 0.3) is 0 Å². The fourth-order valence-electron chi connectivity index (χ4n) is 1.97. The summed E-state index contributed by atoms with van der Waals surface area (Å²) in [5.41, 5.74) is 0.325. The molecule has 2 aliphatic rings. The first-order valence-corrected chi connectivity index (χ1v) is 4.22. The van der Waals surface area contributed by atoms with Gasteiger partial charge in [-0.1, -0.05) is 0 Å². The number of carbonyl (C=O) groups is 1. The van der Waals surface area contributed by atoms with Crippen LogP contribution in [0, 0.1) is 0 Å². The maximum absolute atomic E-state index is 11.0. The number of hydrogen-bond acceptors (Lipinski definition) is 2. The van der Waals surface area contributed by atoms with E-state index in [-0.39, 0.29) is 5.91 Å². The zero-order chi connectivity index (χ0) is 7.90. The molecule has 0 aromatic heterocycles. The smallest absolute Gasteiger partial charge is 0.219 e. The molecule has 0 aliphatic carbocycles. The first kappa shape index (κ1) is 7.10. The lowest BCUT2D eigenvalue weighted by Crippen LogP contribution is -2.58.